The van der Waals surface area contributed by atoms with Gasteiger partial charge in [0.05, 0.1) is 0 Å². The lowest BCUT2D eigenvalue weighted by atomic mass is 10.1. The third kappa shape index (κ3) is 5.42. The van der Waals surface area contributed by atoms with Gasteiger partial charge in [-0.3, -0.25) is 4.90 Å². The monoisotopic (exact) mass is 289 g/mol. The SMILES string of the molecule is CCCNCc1cccc(CN2CCCC2CN(C)C)c1. The molecule has 0 spiro atoms. The summed E-state index contributed by atoms with van der Waals surface area (Å²) in [5.74, 6) is 0. The number of likely N-dealkylation sites (N-methyl/N-ethyl adjacent to an activating group) is 1. The molecule has 1 saturated heterocycles. The number of rotatable bonds is 8. The highest BCUT2D eigenvalue weighted by molar-refractivity contribution is 5.23. The average molecular weight is 289 g/mol. The molecule has 0 amide bonds. The number of hydrogen-bond donors (Lipinski definition) is 1. The molecule has 2 rings (SSSR count). The maximum atomic E-state index is 3.49. The van der Waals surface area contributed by atoms with E-state index < -0.39 is 0 Å². The standard InChI is InChI=1S/C18H31N3/c1-4-10-19-13-16-7-5-8-17(12-16)14-21-11-6-9-18(21)15-20(2)3/h5,7-8,12,18-19H,4,6,9-11,13-15H2,1-3H3. The maximum absolute atomic E-state index is 3.49. The molecule has 1 aromatic carbocycles. The van der Waals surface area contributed by atoms with E-state index in [4.69, 9.17) is 0 Å². The van der Waals surface area contributed by atoms with Crippen molar-refractivity contribution in [2.24, 2.45) is 0 Å². The molecule has 1 aliphatic heterocycles. The van der Waals surface area contributed by atoms with E-state index in [2.05, 4.69) is 60.4 Å². The molecule has 1 unspecified atom stereocenters. The third-order valence-electron chi connectivity index (χ3n) is 4.21. The Kier molecular flexibility index (Phi) is 6.68. The van der Waals surface area contributed by atoms with Gasteiger partial charge in [0.1, 0.15) is 0 Å². The summed E-state index contributed by atoms with van der Waals surface area (Å²) in [5, 5.41) is 3.49. The molecule has 0 radical (unpaired) electrons. The smallest absolute Gasteiger partial charge is 0.0237 e. The van der Waals surface area contributed by atoms with Gasteiger partial charge in [-0.25, -0.2) is 0 Å². The van der Waals surface area contributed by atoms with Gasteiger partial charge in [-0.15, -0.1) is 0 Å². The van der Waals surface area contributed by atoms with Crippen LogP contribution in [0.25, 0.3) is 0 Å². The first-order chi connectivity index (χ1) is 10.2. The van der Waals surface area contributed by atoms with Crippen LogP contribution in [-0.2, 0) is 13.1 Å². The minimum absolute atomic E-state index is 0.724. The highest BCUT2D eigenvalue weighted by Gasteiger charge is 2.24. The summed E-state index contributed by atoms with van der Waals surface area (Å²) in [4.78, 5) is 4.96. The zero-order valence-corrected chi connectivity index (χ0v) is 13.9. The van der Waals surface area contributed by atoms with Gasteiger partial charge >= 0.3 is 0 Å². The van der Waals surface area contributed by atoms with Gasteiger partial charge in [-0.1, -0.05) is 31.2 Å². The Balaban J connectivity index is 1.91. The Morgan fingerprint density at radius 2 is 2.10 bits per heavy atom. The second-order valence-corrected chi connectivity index (χ2v) is 6.53. The van der Waals surface area contributed by atoms with Crippen molar-refractivity contribution in [1.82, 2.24) is 15.1 Å². The largest absolute Gasteiger partial charge is 0.313 e. The van der Waals surface area contributed by atoms with Crippen molar-refractivity contribution in [3.8, 4) is 0 Å². The van der Waals surface area contributed by atoms with Gasteiger partial charge in [-0.05, 0) is 57.6 Å². The van der Waals surface area contributed by atoms with Gasteiger partial charge < -0.3 is 10.2 Å². The molecule has 3 nitrogen and oxygen atoms in total. The van der Waals surface area contributed by atoms with Crippen molar-refractivity contribution in [3.05, 3.63) is 35.4 Å². The normalized spacial score (nSPS) is 19.5. The number of hydrogen-bond acceptors (Lipinski definition) is 3. The Morgan fingerprint density at radius 3 is 2.86 bits per heavy atom. The van der Waals surface area contributed by atoms with E-state index >= 15 is 0 Å². The van der Waals surface area contributed by atoms with Crippen LogP contribution in [0.4, 0.5) is 0 Å². The minimum Gasteiger partial charge on any atom is -0.313 e. The van der Waals surface area contributed by atoms with E-state index in [1.807, 2.05) is 0 Å². The van der Waals surface area contributed by atoms with Crippen LogP contribution in [0.3, 0.4) is 0 Å². The van der Waals surface area contributed by atoms with Gasteiger partial charge in [0, 0.05) is 25.7 Å². The van der Waals surface area contributed by atoms with Crippen molar-refractivity contribution < 1.29 is 0 Å². The van der Waals surface area contributed by atoms with Crippen molar-refractivity contribution >= 4 is 0 Å². The Labute approximate surface area is 130 Å². The Morgan fingerprint density at radius 1 is 1.29 bits per heavy atom. The van der Waals surface area contributed by atoms with Crippen molar-refractivity contribution in [2.45, 2.75) is 45.3 Å². The molecule has 0 saturated carbocycles. The predicted octanol–water partition coefficient (Wildman–Crippen LogP) is 2.71. The summed E-state index contributed by atoms with van der Waals surface area (Å²) in [5.41, 5.74) is 2.86. The molecule has 1 aromatic rings. The molecule has 118 valence electrons. The Bertz CT molecular complexity index is 417. The fraction of sp³-hybridized carbons (Fsp3) is 0.667. The average Bonchev–Trinajstić information content (AvgIpc) is 2.86. The Hall–Kier alpha value is -0.900. The summed E-state index contributed by atoms with van der Waals surface area (Å²) in [6.45, 7) is 7.82. The summed E-state index contributed by atoms with van der Waals surface area (Å²) in [6.07, 6.45) is 3.88. The van der Waals surface area contributed by atoms with Crippen LogP contribution in [0.5, 0.6) is 0 Å². The summed E-state index contributed by atoms with van der Waals surface area (Å²) in [7, 11) is 4.35. The lowest BCUT2D eigenvalue weighted by molar-refractivity contribution is 0.201. The molecule has 1 fully saturated rings. The fourth-order valence-electron chi connectivity index (χ4n) is 3.21. The molecule has 0 aromatic heterocycles. The van der Waals surface area contributed by atoms with Gasteiger partial charge in [0.2, 0.25) is 0 Å². The highest BCUT2D eigenvalue weighted by atomic mass is 15.2. The van der Waals surface area contributed by atoms with E-state index in [0.29, 0.717) is 0 Å². The minimum atomic E-state index is 0.724. The van der Waals surface area contributed by atoms with Crippen LogP contribution < -0.4 is 5.32 Å². The number of nitrogens with one attached hydrogen (secondary N) is 1. The van der Waals surface area contributed by atoms with Gasteiger partial charge in [0.15, 0.2) is 0 Å². The molecular weight excluding hydrogens is 258 g/mol. The molecule has 21 heavy (non-hydrogen) atoms. The molecule has 1 heterocycles. The number of likely N-dealkylation sites (tertiary alicyclic amines) is 1. The molecule has 1 aliphatic rings. The summed E-state index contributed by atoms with van der Waals surface area (Å²) >= 11 is 0. The van der Waals surface area contributed by atoms with Gasteiger partial charge in [-0.2, -0.15) is 0 Å². The van der Waals surface area contributed by atoms with Crippen LogP contribution in [0.15, 0.2) is 24.3 Å². The van der Waals surface area contributed by atoms with Crippen LogP contribution in [0, 0.1) is 0 Å². The first-order valence-corrected chi connectivity index (χ1v) is 8.36. The predicted molar refractivity (Wildman–Crippen MR) is 90.4 cm³/mol. The topological polar surface area (TPSA) is 18.5 Å². The zero-order chi connectivity index (χ0) is 15.1. The highest BCUT2D eigenvalue weighted by Crippen LogP contribution is 2.21. The molecule has 3 heteroatoms. The molecule has 1 atom stereocenters. The van der Waals surface area contributed by atoms with Crippen LogP contribution >= 0.6 is 0 Å². The van der Waals surface area contributed by atoms with Crippen LogP contribution in [0.1, 0.15) is 37.3 Å². The third-order valence-corrected chi connectivity index (χ3v) is 4.21. The van der Waals surface area contributed by atoms with Crippen molar-refractivity contribution in [1.29, 1.82) is 0 Å². The van der Waals surface area contributed by atoms with Crippen LogP contribution in [0.2, 0.25) is 0 Å². The van der Waals surface area contributed by atoms with Crippen LogP contribution in [-0.4, -0.2) is 49.6 Å². The fourth-order valence-corrected chi connectivity index (χ4v) is 3.21. The lowest BCUT2D eigenvalue weighted by Crippen LogP contribution is -2.37. The number of nitrogens with zero attached hydrogens (tertiary/aromatic N) is 2. The van der Waals surface area contributed by atoms with E-state index in [0.717, 1.165) is 25.7 Å². The summed E-state index contributed by atoms with van der Waals surface area (Å²) in [6, 6.07) is 9.80. The van der Waals surface area contributed by atoms with Crippen molar-refractivity contribution in [2.75, 3.05) is 33.7 Å². The second kappa shape index (κ2) is 8.52. The van der Waals surface area contributed by atoms with E-state index in [1.165, 1.54) is 43.5 Å². The quantitative estimate of drug-likeness (QED) is 0.742. The van der Waals surface area contributed by atoms with E-state index in [1.54, 1.807) is 0 Å². The zero-order valence-electron chi connectivity index (χ0n) is 13.9. The molecule has 1 N–H and O–H groups in total. The molecular formula is C18H31N3. The van der Waals surface area contributed by atoms with E-state index in [9.17, 15) is 0 Å². The van der Waals surface area contributed by atoms with Crippen molar-refractivity contribution in [3.63, 3.8) is 0 Å². The first-order valence-electron chi connectivity index (χ1n) is 8.36. The molecule has 0 aliphatic carbocycles. The maximum Gasteiger partial charge on any atom is 0.0237 e. The second-order valence-electron chi connectivity index (χ2n) is 6.53. The summed E-state index contributed by atoms with van der Waals surface area (Å²) < 4.78 is 0. The molecule has 0 bridgehead atoms. The lowest BCUT2D eigenvalue weighted by Gasteiger charge is -2.27. The number of benzene rings is 1. The van der Waals surface area contributed by atoms with Gasteiger partial charge in [0.25, 0.3) is 0 Å². The van der Waals surface area contributed by atoms with E-state index in [-0.39, 0.29) is 0 Å². The first kappa shape index (κ1) is 16.5.